The van der Waals surface area contributed by atoms with Crippen LogP contribution in [0, 0.1) is 17.7 Å². The summed E-state index contributed by atoms with van der Waals surface area (Å²) in [6.45, 7) is 6.07. The van der Waals surface area contributed by atoms with Crippen LogP contribution in [0.3, 0.4) is 0 Å². The zero-order valence-electron chi connectivity index (χ0n) is 12.6. The summed E-state index contributed by atoms with van der Waals surface area (Å²) in [6, 6.07) is 4.34. The minimum atomic E-state index is -0.520. The lowest BCUT2D eigenvalue weighted by molar-refractivity contribution is 0.0529. The van der Waals surface area contributed by atoms with E-state index in [0.29, 0.717) is 25.1 Å². The Morgan fingerprint density at radius 3 is 2.76 bits per heavy atom. The molecule has 0 spiro atoms. The number of carbonyl (C=O) groups is 1. The third-order valence-electron chi connectivity index (χ3n) is 2.43. The van der Waals surface area contributed by atoms with Crippen molar-refractivity contribution in [3.05, 3.63) is 35.1 Å². The number of hydrogen-bond acceptors (Lipinski definition) is 3. The average Bonchev–Trinajstić information content (AvgIpc) is 2.36. The molecule has 0 radical (unpaired) electrons. The van der Waals surface area contributed by atoms with Gasteiger partial charge in [-0.15, -0.1) is 0 Å². The summed E-state index contributed by atoms with van der Waals surface area (Å²) in [7, 11) is 0. The van der Waals surface area contributed by atoms with Gasteiger partial charge in [0.1, 0.15) is 11.4 Å². The van der Waals surface area contributed by atoms with E-state index in [1.165, 1.54) is 12.1 Å². The molecule has 0 aliphatic heterocycles. The molecule has 0 heterocycles. The van der Waals surface area contributed by atoms with Gasteiger partial charge in [-0.3, -0.25) is 0 Å². The number of nitrogens with one attached hydrogen (secondary N) is 1. The molecular formula is C16H21FN2O2. The van der Waals surface area contributed by atoms with Gasteiger partial charge in [-0.1, -0.05) is 17.9 Å². The third-order valence-corrected chi connectivity index (χ3v) is 2.43. The Morgan fingerprint density at radius 2 is 2.14 bits per heavy atom. The Balaban J connectivity index is 2.47. The Bertz CT molecular complexity index is 554. The van der Waals surface area contributed by atoms with Crippen LogP contribution >= 0.6 is 0 Å². The van der Waals surface area contributed by atoms with Gasteiger partial charge >= 0.3 is 6.09 Å². The van der Waals surface area contributed by atoms with Gasteiger partial charge in [0.25, 0.3) is 0 Å². The number of carbonyl (C=O) groups excluding carboxylic acids is 1. The second kappa shape index (κ2) is 7.65. The van der Waals surface area contributed by atoms with Gasteiger partial charge in [-0.25, -0.2) is 9.18 Å². The maximum atomic E-state index is 13.1. The van der Waals surface area contributed by atoms with Crippen molar-refractivity contribution in [2.24, 2.45) is 5.73 Å². The van der Waals surface area contributed by atoms with E-state index in [1.807, 2.05) is 0 Å². The van der Waals surface area contributed by atoms with E-state index in [-0.39, 0.29) is 5.82 Å². The molecule has 0 fully saturated rings. The van der Waals surface area contributed by atoms with Gasteiger partial charge in [-0.05, 0) is 38.5 Å². The summed E-state index contributed by atoms with van der Waals surface area (Å²) < 4.78 is 18.2. The van der Waals surface area contributed by atoms with E-state index in [0.717, 1.165) is 5.56 Å². The summed E-state index contributed by atoms with van der Waals surface area (Å²) in [5, 5.41) is 2.60. The highest BCUT2D eigenvalue weighted by atomic mass is 19.1. The first-order valence-corrected chi connectivity index (χ1v) is 6.76. The van der Waals surface area contributed by atoms with E-state index in [1.54, 1.807) is 26.8 Å². The summed E-state index contributed by atoms with van der Waals surface area (Å²) in [4.78, 5) is 11.4. The summed E-state index contributed by atoms with van der Waals surface area (Å²) in [6.07, 6.45) is -0.0301. The van der Waals surface area contributed by atoms with Crippen molar-refractivity contribution in [2.45, 2.75) is 39.3 Å². The molecule has 0 aliphatic rings. The SMILES string of the molecule is CC(C)(C)OC(=O)NCCC#Cc1cc(F)ccc1CN. The second-order valence-corrected chi connectivity index (χ2v) is 5.49. The standard InChI is InChI=1S/C16H21FN2O2/c1-16(2,3)21-15(20)19-9-5-4-6-12-10-14(17)8-7-13(12)11-18/h7-8,10H,5,9,11,18H2,1-3H3,(H,19,20). The van der Waals surface area contributed by atoms with E-state index in [4.69, 9.17) is 10.5 Å². The van der Waals surface area contributed by atoms with Crippen LogP contribution in [-0.4, -0.2) is 18.2 Å². The highest BCUT2D eigenvalue weighted by Crippen LogP contribution is 2.09. The zero-order valence-corrected chi connectivity index (χ0v) is 12.6. The first-order chi connectivity index (χ1) is 9.81. The summed E-state index contributed by atoms with van der Waals surface area (Å²) in [5.41, 5.74) is 6.42. The number of benzene rings is 1. The number of rotatable bonds is 3. The molecule has 1 aromatic carbocycles. The molecule has 1 rings (SSSR count). The van der Waals surface area contributed by atoms with Gasteiger partial charge in [0.05, 0.1) is 0 Å². The Morgan fingerprint density at radius 1 is 1.43 bits per heavy atom. The minimum Gasteiger partial charge on any atom is -0.444 e. The average molecular weight is 292 g/mol. The van der Waals surface area contributed by atoms with E-state index in [2.05, 4.69) is 17.2 Å². The van der Waals surface area contributed by atoms with Gasteiger partial charge in [0.2, 0.25) is 0 Å². The monoisotopic (exact) mass is 292 g/mol. The van der Waals surface area contributed by atoms with Crippen LogP contribution in [-0.2, 0) is 11.3 Å². The first-order valence-electron chi connectivity index (χ1n) is 6.76. The normalized spacial score (nSPS) is 10.5. The molecule has 0 unspecified atom stereocenters. The molecule has 114 valence electrons. The van der Waals surface area contributed by atoms with Crippen LogP contribution in [0.25, 0.3) is 0 Å². The largest absolute Gasteiger partial charge is 0.444 e. The van der Waals surface area contributed by atoms with Crippen molar-refractivity contribution in [3.8, 4) is 11.8 Å². The molecule has 3 N–H and O–H groups in total. The predicted molar refractivity (Wildman–Crippen MR) is 80.0 cm³/mol. The zero-order chi connectivity index (χ0) is 15.9. The van der Waals surface area contributed by atoms with Gasteiger partial charge in [-0.2, -0.15) is 0 Å². The molecule has 5 heteroatoms. The van der Waals surface area contributed by atoms with Crippen molar-refractivity contribution < 1.29 is 13.9 Å². The molecule has 4 nitrogen and oxygen atoms in total. The van der Waals surface area contributed by atoms with Gasteiger partial charge < -0.3 is 15.8 Å². The number of amides is 1. The number of ether oxygens (including phenoxy) is 1. The Labute approximate surface area is 124 Å². The van der Waals surface area contributed by atoms with E-state index >= 15 is 0 Å². The van der Waals surface area contributed by atoms with Crippen LogP contribution in [0.4, 0.5) is 9.18 Å². The summed E-state index contributed by atoms with van der Waals surface area (Å²) in [5.74, 6) is 5.40. The molecule has 0 aliphatic carbocycles. The fourth-order valence-corrected chi connectivity index (χ4v) is 1.54. The first kappa shape index (κ1) is 17.0. The minimum absolute atomic E-state index is 0.306. The van der Waals surface area contributed by atoms with Crippen LogP contribution in [0.1, 0.15) is 38.3 Å². The van der Waals surface area contributed by atoms with Crippen LogP contribution in [0.2, 0.25) is 0 Å². The van der Waals surface area contributed by atoms with Crippen LogP contribution < -0.4 is 11.1 Å². The molecule has 0 saturated carbocycles. The topological polar surface area (TPSA) is 64.3 Å². The Kier molecular flexibility index (Phi) is 6.19. The van der Waals surface area contributed by atoms with E-state index in [9.17, 15) is 9.18 Å². The van der Waals surface area contributed by atoms with Crippen LogP contribution in [0.5, 0.6) is 0 Å². The van der Waals surface area contributed by atoms with Crippen molar-refractivity contribution in [2.75, 3.05) is 6.54 Å². The fourth-order valence-electron chi connectivity index (χ4n) is 1.54. The number of hydrogen-bond donors (Lipinski definition) is 2. The van der Waals surface area contributed by atoms with Gasteiger partial charge in [0.15, 0.2) is 0 Å². The lowest BCUT2D eigenvalue weighted by Crippen LogP contribution is -2.32. The molecule has 1 amide bonds. The Hall–Kier alpha value is -2.06. The van der Waals surface area contributed by atoms with Crippen molar-refractivity contribution in [1.29, 1.82) is 0 Å². The van der Waals surface area contributed by atoms with Gasteiger partial charge in [0, 0.05) is 25.1 Å². The van der Waals surface area contributed by atoms with Crippen molar-refractivity contribution in [3.63, 3.8) is 0 Å². The molecule has 0 bridgehead atoms. The highest BCUT2D eigenvalue weighted by molar-refractivity contribution is 5.67. The van der Waals surface area contributed by atoms with Crippen molar-refractivity contribution in [1.82, 2.24) is 5.32 Å². The lowest BCUT2D eigenvalue weighted by atomic mass is 10.1. The quantitative estimate of drug-likeness (QED) is 0.664. The molecule has 0 atom stereocenters. The number of nitrogens with two attached hydrogens (primary N) is 1. The molecule has 0 saturated heterocycles. The van der Waals surface area contributed by atoms with E-state index < -0.39 is 11.7 Å². The maximum Gasteiger partial charge on any atom is 0.407 e. The molecular weight excluding hydrogens is 271 g/mol. The molecule has 0 aromatic heterocycles. The third kappa shape index (κ3) is 6.77. The maximum absolute atomic E-state index is 13.1. The van der Waals surface area contributed by atoms with Crippen LogP contribution in [0.15, 0.2) is 18.2 Å². The molecule has 21 heavy (non-hydrogen) atoms. The summed E-state index contributed by atoms with van der Waals surface area (Å²) >= 11 is 0. The lowest BCUT2D eigenvalue weighted by Gasteiger charge is -2.19. The highest BCUT2D eigenvalue weighted by Gasteiger charge is 2.15. The number of halogens is 1. The second-order valence-electron chi connectivity index (χ2n) is 5.49. The van der Waals surface area contributed by atoms with Crippen molar-refractivity contribution >= 4 is 6.09 Å². The number of alkyl carbamates (subject to hydrolysis) is 1. The fraction of sp³-hybridized carbons (Fsp3) is 0.438. The molecule has 1 aromatic rings. The predicted octanol–water partition coefficient (Wildman–Crippen LogP) is 2.55. The smallest absolute Gasteiger partial charge is 0.407 e.